The Morgan fingerprint density at radius 2 is 2.11 bits per heavy atom. The van der Waals surface area contributed by atoms with Crippen LogP contribution in [0.15, 0.2) is 6.07 Å². The number of halogens is 1. The van der Waals surface area contributed by atoms with Gasteiger partial charge in [0.25, 0.3) is 0 Å². The Labute approximate surface area is 113 Å². The van der Waals surface area contributed by atoms with Gasteiger partial charge < -0.3 is 9.47 Å². The first-order chi connectivity index (χ1) is 8.65. The standard InChI is InChI=1S/C13H19ClN2O2/c1-9(2)13-15-11(14)7-12(16-13)18-8-10-3-5-17-6-4-10/h7,9-10H,3-6,8H2,1-2H3. The highest BCUT2D eigenvalue weighted by atomic mass is 35.5. The molecular formula is C13H19ClN2O2. The van der Waals surface area contributed by atoms with Crippen molar-refractivity contribution in [3.63, 3.8) is 0 Å². The number of aromatic nitrogens is 2. The SMILES string of the molecule is CC(C)c1nc(Cl)cc(OCC2CCOCC2)n1. The molecule has 2 rings (SSSR count). The molecule has 0 spiro atoms. The third kappa shape index (κ3) is 3.82. The number of hydrogen-bond donors (Lipinski definition) is 0. The van der Waals surface area contributed by atoms with Crippen LogP contribution < -0.4 is 4.74 Å². The molecule has 1 fully saturated rings. The maximum Gasteiger partial charge on any atom is 0.218 e. The second-order valence-corrected chi connectivity index (χ2v) is 5.30. The molecule has 0 radical (unpaired) electrons. The van der Waals surface area contributed by atoms with Crippen molar-refractivity contribution in [1.29, 1.82) is 0 Å². The van der Waals surface area contributed by atoms with Crippen molar-refractivity contribution in [2.75, 3.05) is 19.8 Å². The zero-order valence-electron chi connectivity index (χ0n) is 10.9. The van der Waals surface area contributed by atoms with Crippen molar-refractivity contribution < 1.29 is 9.47 Å². The van der Waals surface area contributed by atoms with Gasteiger partial charge in [0.05, 0.1) is 6.61 Å². The summed E-state index contributed by atoms with van der Waals surface area (Å²) in [6, 6.07) is 1.67. The first-order valence-corrected chi connectivity index (χ1v) is 6.78. The molecule has 0 N–H and O–H groups in total. The zero-order chi connectivity index (χ0) is 13.0. The van der Waals surface area contributed by atoms with E-state index in [-0.39, 0.29) is 5.92 Å². The smallest absolute Gasteiger partial charge is 0.218 e. The summed E-state index contributed by atoms with van der Waals surface area (Å²) in [5.41, 5.74) is 0. The fourth-order valence-corrected chi connectivity index (χ4v) is 2.04. The van der Waals surface area contributed by atoms with Gasteiger partial charge in [-0.1, -0.05) is 25.4 Å². The third-order valence-electron chi connectivity index (χ3n) is 3.01. The van der Waals surface area contributed by atoms with Gasteiger partial charge in [-0.15, -0.1) is 0 Å². The lowest BCUT2D eigenvalue weighted by atomic mass is 10.0. The van der Waals surface area contributed by atoms with Gasteiger partial charge in [0.2, 0.25) is 5.88 Å². The molecule has 0 bridgehead atoms. The molecule has 0 saturated carbocycles. The van der Waals surface area contributed by atoms with Crippen LogP contribution >= 0.6 is 11.6 Å². The monoisotopic (exact) mass is 270 g/mol. The summed E-state index contributed by atoms with van der Waals surface area (Å²) in [6.07, 6.45) is 2.10. The minimum atomic E-state index is 0.245. The number of nitrogens with zero attached hydrogens (tertiary/aromatic N) is 2. The van der Waals surface area contributed by atoms with Crippen LogP contribution in [-0.4, -0.2) is 29.8 Å². The Morgan fingerprint density at radius 1 is 1.39 bits per heavy atom. The van der Waals surface area contributed by atoms with Crippen molar-refractivity contribution in [1.82, 2.24) is 9.97 Å². The van der Waals surface area contributed by atoms with Gasteiger partial charge in [0, 0.05) is 25.2 Å². The predicted molar refractivity (Wildman–Crippen MR) is 70.2 cm³/mol. The molecule has 0 amide bonds. The zero-order valence-corrected chi connectivity index (χ0v) is 11.6. The van der Waals surface area contributed by atoms with E-state index in [0.717, 1.165) is 31.9 Å². The second-order valence-electron chi connectivity index (χ2n) is 4.91. The van der Waals surface area contributed by atoms with Gasteiger partial charge in [0.15, 0.2) is 0 Å². The van der Waals surface area contributed by atoms with Crippen LogP contribution in [0, 0.1) is 5.92 Å². The Balaban J connectivity index is 1.95. The Hall–Kier alpha value is -0.870. The first-order valence-electron chi connectivity index (χ1n) is 6.40. The summed E-state index contributed by atoms with van der Waals surface area (Å²) in [5, 5.41) is 0.440. The van der Waals surface area contributed by atoms with E-state index in [0.29, 0.717) is 23.6 Å². The quantitative estimate of drug-likeness (QED) is 0.789. The van der Waals surface area contributed by atoms with E-state index >= 15 is 0 Å². The normalized spacial score (nSPS) is 17.1. The molecule has 0 atom stereocenters. The minimum absolute atomic E-state index is 0.245. The van der Waals surface area contributed by atoms with Crippen LogP contribution in [0.5, 0.6) is 5.88 Å². The van der Waals surface area contributed by atoms with Crippen LogP contribution in [-0.2, 0) is 4.74 Å². The van der Waals surface area contributed by atoms with Crippen molar-refractivity contribution in [2.24, 2.45) is 5.92 Å². The fraction of sp³-hybridized carbons (Fsp3) is 0.692. The Bertz CT molecular complexity index is 393. The summed E-state index contributed by atoms with van der Waals surface area (Å²) < 4.78 is 11.0. The topological polar surface area (TPSA) is 44.2 Å². The maximum atomic E-state index is 5.96. The summed E-state index contributed by atoms with van der Waals surface area (Å²) in [7, 11) is 0. The highest BCUT2D eigenvalue weighted by molar-refractivity contribution is 6.29. The molecule has 18 heavy (non-hydrogen) atoms. The van der Waals surface area contributed by atoms with Crippen LogP contribution in [0.4, 0.5) is 0 Å². The highest BCUT2D eigenvalue weighted by Crippen LogP contribution is 2.20. The van der Waals surface area contributed by atoms with Crippen LogP contribution in [0.3, 0.4) is 0 Å². The lowest BCUT2D eigenvalue weighted by molar-refractivity contribution is 0.0490. The molecule has 4 nitrogen and oxygen atoms in total. The van der Waals surface area contributed by atoms with Gasteiger partial charge in [0.1, 0.15) is 11.0 Å². The Morgan fingerprint density at radius 3 is 2.78 bits per heavy atom. The second kappa shape index (κ2) is 6.34. The van der Waals surface area contributed by atoms with E-state index in [4.69, 9.17) is 21.1 Å². The molecule has 0 unspecified atom stereocenters. The van der Waals surface area contributed by atoms with Crippen molar-refractivity contribution in [3.8, 4) is 5.88 Å². The predicted octanol–water partition coefficient (Wildman–Crippen LogP) is 3.06. The lowest BCUT2D eigenvalue weighted by Gasteiger charge is -2.21. The van der Waals surface area contributed by atoms with Crippen molar-refractivity contribution >= 4 is 11.6 Å². The molecule has 1 aliphatic rings. The van der Waals surface area contributed by atoms with Gasteiger partial charge in [-0.25, -0.2) is 4.98 Å². The maximum absolute atomic E-state index is 5.96. The molecule has 1 aromatic heterocycles. The molecule has 1 saturated heterocycles. The van der Waals surface area contributed by atoms with Gasteiger partial charge in [-0.2, -0.15) is 4.98 Å². The Kier molecular flexibility index (Phi) is 4.78. The number of ether oxygens (including phenoxy) is 2. The molecule has 100 valence electrons. The lowest BCUT2D eigenvalue weighted by Crippen LogP contribution is -2.21. The van der Waals surface area contributed by atoms with Crippen molar-refractivity contribution in [3.05, 3.63) is 17.0 Å². The summed E-state index contributed by atoms with van der Waals surface area (Å²) in [4.78, 5) is 8.55. The van der Waals surface area contributed by atoms with Crippen molar-refractivity contribution in [2.45, 2.75) is 32.6 Å². The van der Waals surface area contributed by atoms with Crippen LogP contribution in [0.25, 0.3) is 0 Å². The van der Waals surface area contributed by atoms with Gasteiger partial charge in [-0.05, 0) is 18.8 Å². The summed E-state index contributed by atoms with van der Waals surface area (Å²) in [6.45, 7) is 6.40. The molecule has 0 aromatic carbocycles. The molecule has 1 aromatic rings. The van der Waals surface area contributed by atoms with E-state index in [1.807, 2.05) is 13.8 Å². The fourth-order valence-electron chi connectivity index (χ4n) is 1.86. The minimum Gasteiger partial charge on any atom is -0.477 e. The molecule has 1 aliphatic heterocycles. The summed E-state index contributed by atoms with van der Waals surface area (Å²) in [5.74, 6) is 2.10. The number of rotatable bonds is 4. The van der Waals surface area contributed by atoms with Gasteiger partial charge >= 0.3 is 0 Å². The first kappa shape index (κ1) is 13.6. The van der Waals surface area contributed by atoms with E-state index in [2.05, 4.69) is 9.97 Å². The average molecular weight is 271 g/mol. The highest BCUT2D eigenvalue weighted by Gasteiger charge is 2.15. The van der Waals surface area contributed by atoms with E-state index in [1.165, 1.54) is 0 Å². The molecule has 0 aliphatic carbocycles. The average Bonchev–Trinajstić information content (AvgIpc) is 2.37. The van der Waals surface area contributed by atoms with Gasteiger partial charge in [-0.3, -0.25) is 0 Å². The van der Waals surface area contributed by atoms with E-state index in [9.17, 15) is 0 Å². The largest absolute Gasteiger partial charge is 0.477 e. The molecule has 5 heteroatoms. The van der Waals surface area contributed by atoms with E-state index in [1.54, 1.807) is 6.07 Å². The molecule has 2 heterocycles. The van der Waals surface area contributed by atoms with E-state index < -0.39 is 0 Å². The molecular weight excluding hydrogens is 252 g/mol. The third-order valence-corrected chi connectivity index (χ3v) is 3.21. The summed E-state index contributed by atoms with van der Waals surface area (Å²) >= 11 is 5.96. The van der Waals surface area contributed by atoms with Crippen LogP contribution in [0.1, 0.15) is 38.4 Å². The van der Waals surface area contributed by atoms with Crippen LogP contribution in [0.2, 0.25) is 5.15 Å². The number of hydrogen-bond acceptors (Lipinski definition) is 4.